The first kappa shape index (κ1) is 33.3. The van der Waals surface area contributed by atoms with Gasteiger partial charge in [-0.1, -0.05) is 73.8 Å². The molecule has 1 aromatic heterocycles. The SMILES string of the molecule is CCOC(=O)CNC(=O)C(=O)C(COCc1ccccc1)NC(=O)[C@H](CC1CCCCC1)NC(=O)c1ccc([N+](=O)[O-])s1. The number of benzene rings is 1. The van der Waals surface area contributed by atoms with Gasteiger partial charge in [0.05, 0.1) is 29.6 Å². The predicted molar refractivity (Wildman–Crippen MR) is 156 cm³/mol. The van der Waals surface area contributed by atoms with E-state index in [9.17, 15) is 34.1 Å². The molecule has 1 aliphatic carbocycles. The quantitative estimate of drug-likeness (QED) is 0.110. The smallest absolute Gasteiger partial charge is 0.325 e. The van der Waals surface area contributed by atoms with E-state index in [0.29, 0.717) is 11.3 Å². The molecular formula is C29H36N4O9S. The summed E-state index contributed by atoms with van der Waals surface area (Å²) >= 11 is 0.684. The van der Waals surface area contributed by atoms with Crippen LogP contribution in [0.25, 0.3) is 0 Å². The van der Waals surface area contributed by atoms with E-state index in [-0.39, 0.29) is 42.0 Å². The molecule has 3 N–H and O–H groups in total. The summed E-state index contributed by atoms with van der Waals surface area (Å²) in [6.07, 6.45) is 5.06. The van der Waals surface area contributed by atoms with Crippen LogP contribution in [0.2, 0.25) is 0 Å². The Morgan fingerprint density at radius 2 is 1.72 bits per heavy atom. The van der Waals surface area contributed by atoms with Crippen molar-refractivity contribution >= 4 is 45.8 Å². The van der Waals surface area contributed by atoms with Crippen molar-refractivity contribution in [3.05, 3.63) is 63.0 Å². The first-order valence-electron chi connectivity index (χ1n) is 14.1. The fourth-order valence-corrected chi connectivity index (χ4v) is 5.42. The highest BCUT2D eigenvalue weighted by atomic mass is 32.1. The number of rotatable bonds is 16. The number of hydrogen-bond acceptors (Lipinski definition) is 10. The Balaban J connectivity index is 1.75. The second-order valence-corrected chi connectivity index (χ2v) is 11.1. The van der Waals surface area contributed by atoms with E-state index < -0.39 is 53.0 Å². The summed E-state index contributed by atoms with van der Waals surface area (Å²) in [6.45, 7) is 0.916. The second kappa shape index (κ2) is 17.1. The highest BCUT2D eigenvalue weighted by molar-refractivity contribution is 7.17. The zero-order valence-corrected chi connectivity index (χ0v) is 24.7. The van der Waals surface area contributed by atoms with Gasteiger partial charge in [0.25, 0.3) is 11.8 Å². The van der Waals surface area contributed by atoms with Gasteiger partial charge in [-0.05, 0) is 30.9 Å². The molecule has 0 radical (unpaired) electrons. The molecule has 1 heterocycles. The molecule has 3 rings (SSSR count). The van der Waals surface area contributed by atoms with Gasteiger partial charge in [-0.25, -0.2) is 0 Å². The number of nitro groups is 1. The van der Waals surface area contributed by atoms with Crippen molar-refractivity contribution in [3.8, 4) is 0 Å². The van der Waals surface area contributed by atoms with Crippen LogP contribution in [0.1, 0.15) is 60.7 Å². The molecule has 13 nitrogen and oxygen atoms in total. The molecule has 0 aliphatic heterocycles. The van der Waals surface area contributed by atoms with Crippen LogP contribution in [-0.2, 0) is 35.3 Å². The molecule has 3 amide bonds. The molecular weight excluding hydrogens is 580 g/mol. The van der Waals surface area contributed by atoms with Gasteiger partial charge in [-0.3, -0.25) is 34.1 Å². The number of Topliss-reactive ketones (excluding diaryl/α,β-unsaturated/α-hetero) is 1. The van der Waals surface area contributed by atoms with Gasteiger partial charge in [0.15, 0.2) is 0 Å². The summed E-state index contributed by atoms with van der Waals surface area (Å²) in [5.41, 5.74) is 0.805. The van der Waals surface area contributed by atoms with E-state index >= 15 is 0 Å². The fraction of sp³-hybridized carbons (Fsp3) is 0.483. The minimum atomic E-state index is -1.42. The van der Waals surface area contributed by atoms with Crippen LogP contribution in [0, 0.1) is 16.0 Å². The Kier molecular flexibility index (Phi) is 13.2. The number of carbonyl (C=O) groups excluding carboxylic acids is 5. The minimum absolute atomic E-state index is 0.0605. The van der Waals surface area contributed by atoms with Crippen molar-refractivity contribution in [1.29, 1.82) is 0 Å². The number of nitrogens with one attached hydrogen (secondary N) is 3. The predicted octanol–water partition coefficient (Wildman–Crippen LogP) is 2.68. The average molecular weight is 617 g/mol. The maximum atomic E-state index is 13.6. The lowest BCUT2D eigenvalue weighted by molar-refractivity contribution is -0.380. The van der Waals surface area contributed by atoms with Gasteiger partial charge in [0.1, 0.15) is 18.6 Å². The van der Waals surface area contributed by atoms with Gasteiger partial charge in [-0.15, -0.1) is 0 Å². The zero-order valence-electron chi connectivity index (χ0n) is 23.9. The number of esters is 1. The molecule has 1 aromatic carbocycles. The Labute approximate surface area is 252 Å². The summed E-state index contributed by atoms with van der Waals surface area (Å²) in [5, 5.41) is 18.3. The van der Waals surface area contributed by atoms with E-state index in [1.54, 1.807) is 6.92 Å². The highest BCUT2D eigenvalue weighted by Crippen LogP contribution is 2.28. The van der Waals surface area contributed by atoms with Gasteiger partial charge < -0.3 is 25.4 Å². The molecule has 0 bridgehead atoms. The monoisotopic (exact) mass is 616 g/mol. The third kappa shape index (κ3) is 10.9. The highest BCUT2D eigenvalue weighted by Gasteiger charge is 2.33. The first-order chi connectivity index (χ1) is 20.7. The van der Waals surface area contributed by atoms with Gasteiger partial charge in [-0.2, -0.15) is 0 Å². The Morgan fingerprint density at radius 1 is 1.00 bits per heavy atom. The van der Waals surface area contributed by atoms with Crippen molar-refractivity contribution in [1.82, 2.24) is 16.0 Å². The molecule has 43 heavy (non-hydrogen) atoms. The second-order valence-electron chi connectivity index (χ2n) is 10.1. The Hall–Kier alpha value is -4.17. The lowest BCUT2D eigenvalue weighted by atomic mass is 9.84. The van der Waals surface area contributed by atoms with Crippen molar-refractivity contribution < 1.29 is 38.4 Å². The van der Waals surface area contributed by atoms with Crippen LogP contribution in [0.5, 0.6) is 0 Å². The van der Waals surface area contributed by atoms with Gasteiger partial charge >= 0.3 is 11.0 Å². The first-order valence-corrected chi connectivity index (χ1v) is 14.9. The minimum Gasteiger partial charge on any atom is -0.465 e. The van der Waals surface area contributed by atoms with Gasteiger partial charge in [0.2, 0.25) is 11.7 Å². The van der Waals surface area contributed by atoms with E-state index in [1.807, 2.05) is 30.3 Å². The number of nitrogens with zero attached hydrogens (tertiary/aromatic N) is 1. The molecule has 2 aromatic rings. The van der Waals surface area contributed by atoms with Crippen LogP contribution in [-0.4, -0.2) is 66.2 Å². The standard InChI is InChI=1S/C29H36N4O9S/c1-2-42-25(34)16-30-29(38)26(35)22(18-41-17-20-11-7-4-8-12-20)32-27(36)21(15-19-9-5-3-6-10-19)31-28(37)23-13-14-24(43-23)33(39)40/h4,7-8,11-14,19,21-22H,2-3,5-6,9-10,15-18H2,1H3,(H,30,38)(H,31,37)(H,32,36)/t21-,22?/m0/s1. The summed E-state index contributed by atoms with van der Waals surface area (Å²) in [5.74, 6) is -4.11. The summed E-state index contributed by atoms with van der Waals surface area (Å²) in [7, 11) is 0. The lowest BCUT2D eigenvalue weighted by Crippen LogP contribution is -2.56. The number of ketones is 1. The van der Waals surface area contributed by atoms with Crippen LogP contribution >= 0.6 is 11.3 Å². The van der Waals surface area contributed by atoms with Crippen molar-refractivity contribution in [2.45, 2.75) is 64.1 Å². The lowest BCUT2D eigenvalue weighted by Gasteiger charge is -2.28. The number of carbonyl (C=O) groups is 5. The summed E-state index contributed by atoms with van der Waals surface area (Å²) in [6, 6.07) is 9.10. The zero-order chi connectivity index (χ0) is 31.2. The number of amides is 3. The topological polar surface area (TPSA) is 183 Å². The summed E-state index contributed by atoms with van der Waals surface area (Å²) in [4.78, 5) is 74.5. The summed E-state index contributed by atoms with van der Waals surface area (Å²) < 4.78 is 10.4. The molecule has 1 saturated carbocycles. The number of thiophene rings is 1. The normalized spacial score (nSPS) is 14.6. The van der Waals surface area contributed by atoms with Crippen molar-refractivity contribution in [2.75, 3.05) is 19.8 Å². The largest absolute Gasteiger partial charge is 0.465 e. The molecule has 2 atom stereocenters. The van der Waals surface area contributed by atoms with Crippen LogP contribution in [0.4, 0.5) is 5.00 Å². The van der Waals surface area contributed by atoms with Crippen LogP contribution < -0.4 is 16.0 Å². The molecule has 1 aliphatic rings. The maximum Gasteiger partial charge on any atom is 0.325 e. The third-order valence-corrected chi connectivity index (χ3v) is 7.90. The van der Waals surface area contributed by atoms with E-state index in [4.69, 9.17) is 9.47 Å². The van der Waals surface area contributed by atoms with Gasteiger partial charge in [0, 0.05) is 6.07 Å². The number of hydrogen-bond donors (Lipinski definition) is 3. The van der Waals surface area contributed by atoms with Crippen molar-refractivity contribution in [3.63, 3.8) is 0 Å². The molecule has 0 spiro atoms. The van der Waals surface area contributed by atoms with E-state index in [0.717, 1.165) is 37.7 Å². The number of ether oxygens (including phenoxy) is 2. The molecule has 0 saturated heterocycles. The Morgan fingerprint density at radius 3 is 2.37 bits per heavy atom. The maximum absolute atomic E-state index is 13.6. The van der Waals surface area contributed by atoms with Crippen molar-refractivity contribution in [2.24, 2.45) is 5.92 Å². The average Bonchev–Trinajstić information content (AvgIpc) is 3.51. The molecule has 1 unspecified atom stereocenters. The third-order valence-electron chi connectivity index (χ3n) is 6.86. The molecule has 1 fully saturated rings. The van der Waals surface area contributed by atoms with E-state index in [1.165, 1.54) is 12.1 Å². The van der Waals surface area contributed by atoms with E-state index in [2.05, 4.69) is 16.0 Å². The Bertz CT molecular complexity index is 1280. The molecule has 14 heteroatoms. The molecule has 232 valence electrons. The van der Waals surface area contributed by atoms with Crippen LogP contribution in [0.15, 0.2) is 42.5 Å². The van der Waals surface area contributed by atoms with Crippen LogP contribution in [0.3, 0.4) is 0 Å². The fourth-order valence-electron chi connectivity index (χ4n) is 4.70.